The molecule has 1 saturated heterocycles. The van der Waals surface area contributed by atoms with Gasteiger partial charge in [0.05, 0.1) is 25.3 Å². The van der Waals surface area contributed by atoms with Gasteiger partial charge in [-0.25, -0.2) is 0 Å². The Morgan fingerprint density at radius 1 is 1.03 bits per heavy atom. The van der Waals surface area contributed by atoms with Gasteiger partial charge in [-0.2, -0.15) is 0 Å². The third kappa shape index (κ3) is 6.97. The van der Waals surface area contributed by atoms with Crippen molar-refractivity contribution < 1.29 is 4.74 Å². The van der Waals surface area contributed by atoms with Gasteiger partial charge < -0.3 is 15.4 Å². The molecule has 1 heterocycles. The molecule has 1 aliphatic rings. The molecule has 0 bridgehead atoms. The van der Waals surface area contributed by atoms with Crippen LogP contribution in [0, 0.1) is 6.92 Å². The summed E-state index contributed by atoms with van der Waals surface area (Å²) in [6, 6.07) is 19.8. The fraction of sp³-hybridized carbons (Fsp3) is 0.435. The summed E-state index contributed by atoms with van der Waals surface area (Å²) in [6.07, 6.45) is 0. The maximum Gasteiger partial charge on any atom is 0.191 e. The summed E-state index contributed by atoms with van der Waals surface area (Å²) >= 11 is 0. The molecule has 1 aliphatic heterocycles. The number of hydrogen-bond acceptors (Lipinski definition) is 3. The molecular formula is C23H33IN4O. The Kier molecular flexibility index (Phi) is 9.90. The highest BCUT2D eigenvalue weighted by Crippen LogP contribution is 2.22. The van der Waals surface area contributed by atoms with Crippen molar-refractivity contribution in [3.05, 3.63) is 71.3 Å². The van der Waals surface area contributed by atoms with Gasteiger partial charge in [-0.1, -0.05) is 60.2 Å². The maximum absolute atomic E-state index is 5.56. The quantitative estimate of drug-likeness (QED) is 0.353. The van der Waals surface area contributed by atoms with Gasteiger partial charge >= 0.3 is 0 Å². The summed E-state index contributed by atoms with van der Waals surface area (Å²) in [5.74, 6) is 0.821. The van der Waals surface area contributed by atoms with Gasteiger partial charge in [0.25, 0.3) is 0 Å². The van der Waals surface area contributed by atoms with Gasteiger partial charge in [-0.05, 0) is 25.0 Å². The van der Waals surface area contributed by atoms with Crippen molar-refractivity contribution in [3.63, 3.8) is 0 Å². The number of rotatable bonds is 6. The number of aliphatic imine (C=N–C) groups is 1. The van der Waals surface area contributed by atoms with Crippen LogP contribution in [0.3, 0.4) is 0 Å². The van der Waals surface area contributed by atoms with Crippen LogP contribution in [0.5, 0.6) is 0 Å². The lowest BCUT2D eigenvalue weighted by Gasteiger charge is -2.35. The van der Waals surface area contributed by atoms with Gasteiger partial charge in [0.15, 0.2) is 5.96 Å². The van der Waals surface area contributed by atoms with Crippen molar-refractivity contribution in [2.75, 3.05) is 39.9 Å². The smallest absolute Gasteiger partial charge is 0.191 e. The molecule has 0 spiro atoms. The Hall–Kier alpha value is -1.64. The first kappa shape index (κ1) is 23.6. The second kappa shape index (κ2) is 12.1. The lowest BCUT2D eigenvalue weighted by molar-refractivity contribution is 0.0170. The van der Waals surface area contributed by atoms with Crippen molar-refractivity contribution >= 4 is 29.9 Å². The van der Waals surface area contributed by atoms with Crippen molar-refractivity contribution in [1.82, 2.24) is 15.5 Å². The van der Waals surface area contributed by atoms with Gasteiger partial charge in [0, 0.05) is 26.7 Å². The van der Waals surface area contributed by atoms with Crippen LogP contribution < -0.4 is 10.6 Å². The third-order valence-corrected chi connectivity index (χ3v) is 5.29. The van der Waals surface area contributed by atoms with E-state index in [0.29, 0.717) is 0 Å². The summed E-state index contributed by atoms with van der Waals surface area (Å²) < 4.78 is 5.56. The summed E-state index contributed by atoms with van der Waals surface area (Å²) in [7, 11) is 1.82. The van der Waals surface area contributed by atoms with Gasteiger partial charge in [-0.15, -0.1) is 24.0 Å². The molecule has 0 saturated carbocycles. The molecular weight excluding hydrogens is 475 g/mol. The molecule has 2 atom stereocenters. The fourth-order valence-corrected chi connectivity index (χ4v) is 3.55. The molecule has 2 unspecified atom stereocenters. The Morgan fingerprint density at radius 3 is 2.31 bits per heavy atom. The highest BCUT2D eigenvalue weighted by Gasteiger charge is 2.23. The number of benzene rings is 2. The molecule has 0 amide bonds. The van der Waals surface area contributed by atoms with Crippen LogP contribution in [0.25, 0.3) is 0 Å². The van der Waals surface area contributed by atoms with Crippen molar-refractivity contribution in [2.24, 2.45) is 4.99 Å². The highest BCUT2D eigenvalue weighted by molar-refractivity contribution is 14.0. The van der Waals surface area contributed by atoms with Gasteiger partial charge in [0.2, 0.25) is 0 Å². The number of morpholine rings is 1. The number of halogens is 1. The highest BCUT2D eigenvalue weighted by atomic mass is 127. The molecule has 0 aliphatic carbocycles. The summed E-state index contributed by atoms with van der Waals surface area (Å²) in [4.78, 5) is 6.92. The molecule has 2 N–H and O–H groups in total. The first-order valence-corrected chi connectivity index (χ1v) is 10.1. The molecule has 0 radical (unpaired) electrons. The average Bonchev–Trinajstić information content (AvgIpc) is 2.75. The number of guanidine groups is 1. The monoisotopic (exact) mass is 508 g/mol. The molecule has 158 valence electrons. The van der Waals surface area contributed by atoms with Crippen LogP contribution in [0.4, 0.5) is 0 Å². The topological polar surface area (TPSA) is 48.9 Å². The van der Waals surface area contributed by atoms with Crippen LogP contribution in [0.15, 0.2) is 59.6 Å². The minimum absolute atomic E-state index is 0. The summed E-state index contributed by atoms with van der Waals surface area (Å²) in [5.41, 5.74) is 3.85. The van der Waals surface area contributed by atoms with E-state index < -0.39 is 0 Å². The zero-order valence-corrected chi connectivity index (χ0v) is 19.9. The summed E-state index contributed by atoms with van der Waals surface area (Å²) in [6.45, 7) is 8.56. The molecule has 2 aromatic carbocycles. The van der Waals surface area contributed by atoms with E-state index in [1.165, 1.54) is 16.7 Å². The van der Waals surface area contributed by atoms with E-state index in [4.69, 9.17) is 4.74 Å². The summed E-state index contributed by atoms with van der Waals surface area (Å²) in [5, 5.41) is 7.03. The predicted molar refractivity (Wildman–Crippen MR) is 131 cm³/mol. The van der Waals surface area contributed by atoms with E-state index in [9.17, 15) is 0 Å². The Bertz CT molecular complexity index is 745. The van der Waals surface area contributed by atoms with Crippen LogP contribution in [0.2, 0.25) is 0 Å². The van der Waals surface area contributed by atoms with Crippen LogP contribution >= 0.6 is 24.0 Å². The zero-order valence-electron chi connectivity index (χ0n) is 17.6. The lowest BCUT2D eigenvalue weighted by Crippen LogP contribution is -2.46. The maximum atomic E-state index is 5.56. The van der Waals surface area contributed by atoms with E-state index in [1.807, 2.05) is 13.1 Å². The molecule has 29 heavy (non-hydrogen) atoms. The van der Waals surface area contributed by atoms with Crippen molar-refractivity contribution in [2.45, 2.75) is 25.9 Å². The van der Waals surface area contributed by atoms with E-state index >= 15 is 0 Å². The van der Waals surface area contributed by atoms with E-state index in [1.54, 1.807) is 0 Å². The Morgan fingerprint density at radius 2 is 1.69 bits per heavy atom. The van der Waals surface area contributed by atoms with Crippen LogP contribution in [-0.4, -0.2) is 50.8 Å². The van der Waals surface area contributed by atoms with Crippen LogP contribution in [0.1, 0.15) is 35.7 Å². The Balaban J connectivity index is 0.00000300. The minimum atomic E-state index is 0. The largest absolute Gasteiger partial charge is 0.379 e. The number of ether oxygens (including phenoxy) is 1. The molecule has 5 nitrogen and oxygen atoms in total. The first-order valence-electron chi connectivity index (χ1n) is 10.1. The molecule has 2 aromatic rings. The fourth-order valence-electron chi connectivity index (χ4n) is 3.55. The molecule has 3 rings (SSSR count). The van der Waals surface area contributed by atoms with E-state index in [0.717, 1.165) is 38.8 Å². The molecule has 1 fully saturated rings. The molecule has 0 aromatic heterocycles. The van der Waals surface area contributed by atoms with Gasteiger partial charge in [0.1, 0.15) is 0 Å². The number of hydrogen-bond donors (Lipinski definition) is 2. The number of aryl methyl sites for hydroxylation is 1. The number of nitrogens with one attached hydrogen (secondary N) is 2. The average molecular weight is 508 g/mol. The first-order chi connectivity index (χ1) is 13.7. The zero-order chi connectivity index (χ0) is 19.8. The number of nitrogens with zero attached hydrogens (tertiary/aromatic N) is 2. The SMILES string of the molecule is CN=C(NCC(c1ccc(C)cc1)N1CCOCC1)NC(C)c1ccccc1.I. The van der Waals surface area contributed by atoms with Crippen molar-refractivity contribution in [3.8, 4) is 0 Å². The lowest BCUT2D eigenvalue weighted by atomic mass is 10.0. The second-order valence-electron chi connectivity index (χ2n) is 7.30. The van der Waals surface area contributed by atoms with Crippen LogP contribution in [-0.2, 0) is 4.74 Å². The normalized spacial score (nSPS) is 17.1. The second-order valence-corrected chi connectivity index (χ2v) is 7.30. The predicted octanol–water partition coefficient (Wildman–Crippen LogP) is 3.91. The van der Waals surface area contributed by atoms with E-state index in [2.05, 4.69) is 82.9 Å². The molecule has 6 heteroatoms. The van der Waals surface area contributed by atoms with Gasteiger partial charge in [-0.3, -0.25) is 9.89 Å². The Labute approximate surface area is 192 Å². The third-order valence-electron chi connectivity index (χ3n) is 5.29. The van der Waals surface area contributed by atoms with E-state index in [-0.39, 0.29) is 36.1 Å². The van der Waals surface area contributed by atoms with Crippen molar-refractivity contribution in [1.29, 1.82) is 0 Å². The standard InChI is InChI=1S/C23H32N4O.HI/c1-18-9-11-21(12-10-18)22(27-13-15-28-16-14-27)17-25-23(24-3)26-19(2)20-7-5-4-6-8-20;/h4-12,19,22H,13-17H2,1-3H3,(H2,24,25,26);1H. The minimum Gasteiger partial charge on any atom is -0.379 e.